The number of carbonyl (C=O) groups is 1. The van der Waals surface area contributed by atoms with Gasteiger partial charge in [-0.1, -0.05) is 30.3 Å². The van der Waals surface area contributed by atoms with Crippen molar-refractivity contribution in [1.82, 2.24) is 24.8 Å². The molecular formula is C30H30N6O2. The molecule has 8 heteroatoms. The van der Waals surface area contributed by atoms with Gasteiger partial charge in [0.15, 0.2) is 5.82 Å². The Morgan fingerprint density at radius 3 is 2.58 bits per heavy atom. The number of hydrogen-bond acceptors (Lipinski definition) is 6. The number of carbonyl (C=O) groups excluding carboxylic acids is 1. The highest BCUT2D eigenvalue weighted by atomic mass is 16.5. The van der Waals surface area contributed by atoms with Crippen molar-refractivity contribution < 1.29 is 9.53 Å². The number of piperazine rings is 1. The van der Waals surface area contributed by atoms with Crippen molar-refractivity contribution in [2.24, 2.45) is 0 Å². The van der Waals surface area contributed by atoms with Gasteiger partial charge >= 0.3 is 0 Å². The predicted molar refractivity (Wildman–Crippen MR) is 151 cm³/mol. The second-order valence-electron chi connectivity index (χ2n) is 9.78. The van der Waals surface area contributed by atoms with Crippen LogP contribution in [0, 0.1) is 0 Å². The molecule has 6 rings (SSSR count). The molecular weight excluding hydrogens is 476 g/mol. The fraction of sp³-hybridized carbons (Fsp3) is 0.233. The Hall–Kier alpha value is -4.27. The van der Waals surface area contributed by atoms with Gasteiger partial charge in [-0.2, -0.15) is 0 Å². The summed E-state index contributed by atoms with van der Waals surface area (Å²) in [6.45, 7) is 5.29. The van der Waals surface area contributed by atoms with Crippen molar-refractivity contribution in [2.45, 2.75) is 6.54 Å². The summed E-state index contributed by atoms with van der Waals surface area (Å²) in [7, 11) is 3.80. The number of aromatic nitrogens is 3. The highest BCUT2D eigenvalue weighted by molar-refractivity contribution is 6.06. The van der Waals surface area contributed by atoms with Crippen LogP contribution in [0.3, 0.4) is 0 Å². The third-order valence-electron chi connectivity index (χ3n) is 7.10. The fourth-order valence-electron chi connectivity index (χ4n) is 4.85. The summed E-state index contributed by atoms with van der Waals surface area (Å²) < 4.78 is 5.47. The number of pyridine rings is 1. The lowest BCUT2D eigenvalue weighted by Crippen LogP contribution is -2.43. The average Bonchev–Trinajstić information content (AvgIpc) is 3.38. The lowest BCUT2D eigenvalue weighted by atomic mass is 10.1. The number of methoxy groups -OCH3 is 1. The van der Waals surface area contributed by atoms with Crippen LogP contribution in [0.2, 0.25) is 0 Å². The Bertz CT molecular complexity index is 1600. The third kappa shape index (κ3) is 4.96. The molecule has 0 aliphatic carbocycles. The van der Waals surface area contributed by atoms with E-state index in [0.29, 0.717) is 22.8 Å². The molecule has 0 atom stereocenters. The number of aromatic amines is 1. The van der Waals surface area contributed by atoms with Gasteiger partial charge in [-0.3, -0.25) is 9.69 Å². The summed E-state index contributed by atoms with van der Waals surface area (Å²) in [6.07, 6.45) is 0. The zero-order chi connectivity index (χ0) is 26.1. The summed E-state index contributed by atoms with van der Waals surface area (Å²) in [5.41, 5.74) is 5.62. The number of nitrogens with zero attached hydrogens (tertiary/aromatic N) is 4. The van der Waals surface area contributed by atoms with Gasteiger partial charge in [-0.25, -0.2) is 9.97 Å². The van der Waals surface area contributed by atoms with Gasteiger partial charge in [-0.15, -0.1) is 0 Å². The first-order valence-corrected chi connectivity index (χ1v) is 12.8. The molecule has 3 heterocycles. The van der Waals surface area contributed by atoms with Crippen LogP contribution in [0.15, 0.2) is 72.8 Å². The van der Waals surface area contributed by atoms with E-state index in [1.807, 2.05) is 54.6 Å². The van der Waals surface area contributed by atoms with Gasteiger partial charge in [0.1, 0.15) is 17.0 Å². The molecule has 0 bridgehead atoms. The Balaban J connectivity index is 1.16. The van der Waals surface area contributed by atoms with Gasteiger partial charge in [-0.05, 0) is 55.1 Å². The number of fused-ring (bicyclic) bond motifs is 2. The summed E-state index contributed by atoms with van der Waals surface area (Å²) in [5, 5.41) is 4.01. The molecule has 1 aliphatic rings. The average molecular weight is 507 g/mol. The minimum atomic E-state index is -0.163. The normalized spacial score (nSPS) is 14.7. The van der Waals surface area contributed by atoms with Crippen LogP contribution in [0.4, 0.5) is 5.69 Å². The maximum Gasteiger partial charge on any atom is 0.255 e. The fourth-order valence-corrected chi connectivity index (χ4v) is 4.85. The number of H-pyrrole nitrogens is 1. The van der Waals surface area contributed by atoms with Crippen molar-refractivity contribution in [1.29, 1.82) is 0 Å². The van der Waals surface area contributed by atoms with E-state index in [0.717, 1.165) is 60.3 Å². The SMILES string of the molecule is COc1cccc2ccc(-c3nc4ccc(C(=O)Nc5ccc(CN6CCN(C)CC6)cc5)cc4[nH]3)nc12. The second-order valence-corrected chi connectivity index (χ2v) is 9.78. The van der Waals surface area contributed by atoms with Crippen molar-refractivity contribution in [3.63, 3.8) is 0 Å². The molecule has 2 N–H and O–H groups in total. The second kappa shape index (κ2) is 10.2. The maximum atomic E-state index is 13.0. The van der Waals surface area contributed by atoms with Gasteiger partial charge in [0.2, 0.25) is 0 Å². The molecule has 0 spiro atoms. The van der Waals surface area contributed by atoms with Gasteiger partial charge in [0, 0.05) is 49.4 Å². The van der Waals surface area contributed by atoms with E-state index >= 15 is 0 Å². The zero-order valence-electron chi connectivity index (χ0n) is 21.6. The monoisotopic (exact) mass is 506 g/mol. The highest BCUT2D eigenvalue weighted by Crippen LogP contribution is 2.27. The lowest BCUT2D eigenvalue weighted by Gasteiger charge is -2.32. The number of rotatable bonds is 6. The maximum absolute atomic E-state index is 13.0. The molecule has 38 heavy (non-hydrogen) atoms. The van der Waals surface area contributed by atoms with Crippen LogP contribution in [0.5, 0.6) is 5.75 Å². The van der Waals surface area contributed by atoms with E-state index in [4.69, 9.17) is 14.7 Å². The van der Waals surface area contributed by atoms with Crippen molar-refractivity contribution in [3.8, 4) is 17.3 Å². The molecule has 1 saturated heterocycles. The number of para-hydroxylation sites is 1. The topological polar surface area (TPSA) is 86.4 Å². The van der Waals surface area contributed by atoms with Crippen LogP contribution in [0.25, 0.3) is 33.5 Å². The number of ether oxygens (including phenoxy) is 1. The first-order valence-electron chi connectivity index (χ1n) is 12.8. The molecule has 0 radical (unpaired) electrons. The van der Waals surface area contributed by atoms with E-state index in [1.54, 1.807) is 13.2 Å². The molecule has 1 amide bonds. The number of benzene rings is 3. The number of anilines is 1. The van der Waals surface area contributed by atoms with Gasteiger partial charge in [0.25, 0.3) is 5.91 Å². The van der Waals surface area contributed by atoms with Crippen molar-refractivity contribution in [2.75, 3.05) is 45.7 Å². The number of imidazole rings is 1. The highest BCUT2D eigenvalue weighted by Gasteiger charge is 2.15. The van der Waals surface area contributed by atoms with Crippen LogP contribution >= 0.6 is 0 Å². The Kier molecular flexibility index (Phi) is 6.49. The van der Waals surface area contributed by atoms with Crippen molar-refractivity contribution >= 4 is 33.5 Å². The molecule has 0 unspecified atom stereocenters. The van der Waals surface area contributed by atoms with Crippen molar-refractivity contribution in [3.05, 3.63) is 83.9 Å². The first kappa shape index (κ1) is 24.1. The number of nitrogens with one attached hydrogen (secondary N) is 2. The number of likely N-dealkylation sites (N-methyl/N-ethyl adjacent to an activating group) is 1. The molecule has 1 aliphatic heterocycles. The number of amides is 1. The first-order chi connectivity index (χ1) is 18.6. The molecule has 0 saturated carbocycles. The van der Waals surface area contributed by atoms with Gasteiger partial charge in [0.05, 0.1) is 18.1 Å². The van der Waals surface area contributed by atoms with E-state index < -0.39 is 0 Å². The summed E-state index contributed by atoms with van der Waals surface area (Å²) in [6, 6.07) is 23.3. The number of hydrogen-bond donors (Lipinski definition) is 2. The van der Waals surface area contributed by atoms with Crippen LogP contribution in [-0.2, 0) is 6.54 Å². The smallest absolute Gasteiger partial charge is 0.255 e. The molecule has 192 valence electrons. The molecule has 1 fully saturated rings. The molecule has 5 aromatic rings. The van der Waals surface area contributed by atoms with E-state index in [1.165, 1.54) is 5.56 Å². The Morgan fingerprint density at radius 1 is 0.974 bits per heavy atom. The summed E-state index contributed by atoms with van der Waals surface area (Å²) in [5.74, 6) is 1.19. The van der Waals surface area contributed by atoms with Crippen LogP contribution < -0.4 is 10.1 Å². The molecule has 8 nitrogen and oxygen atoms in total. The molecule has 2 aromatic heterocycles. The lowest BCUT2D eigenvalue weighted by molar-refractivity contribution is 0.102. The van der Waals surface area contributed by atoms with E-state index in [9.17, 15) is 4.79 Å². The molecule has 3 aromatic carbocycles. The minimum Gasteiger partial charge on any atom is -0.494 e. The van der Waals surface area contributed by atoms with E-state index in [-0.39, 0.29) is 5.91 Å². The largest absolute Gasteiger partial charge is 0.494 e. The summed E-state index contributed by atoms with van der Waals surface area (Å²) >= 11 is 0. The Labute approximate surface area is 221 Å². The third-order valence-corrected chi connectivity index (χ3v) is 7.10. The van der Waals surface area contributed by atoms with Gasteiger partial charge < -0.3 is 19.9 Å². The van der Waals surface area contributed by atoms with E-state index in [2.05, 4.69) is 39.3 Å². The predicted octanol–water partition coefficient (Wildman–Crippen LogP) is 4.79. The standard InChI is InChI=1S/C30H30N6O2/c1-35-14-16-36(17-15-35)19-20-6-10-23(11-7-20)31-30(37)22-9-12-24-26(18-22)34-29(33-24)25-13-8-21-4-3-5-27(38-2)28(21)32-25/h3-13,18H,14-17,19H2,1-2H3,(H,31,37)(H,33,34). The Morgan fingerprint density at radius 2 is 1.79 bits per heavy atom. The minimum absolute atomic E-state index is 0.163. The quantitative estimate of drug-likeness (QED) is 0.345. The van der Waals surface area contributed by atoms with Crippen LogP contribution in [-0.4, -0.2) is 71.0 Å². The van der Waals surface area contributed by atoms with Crippen LogP contribution in [0.1, 0.15) is 15.9 Å². The zero-order valence-corrected chi connectivity index (χ0v) is 21.6. The summed E-state index contributed by atoms with van der Waals surface area (Å²) in [4.78, 5) is 30.6.